The van der Waals surface area contributed by atoms with Gasteiger partial charge in [0.25, 0.3) is 0 Å². The summed E-state index contributed by atoms with van der Waals surface area (Å²) in [6.45, 7) is 4.00. The van der Waals surface area contributed by atoms with E-state index in [9.17, 15) is 4.79 Å². The van der Waals surface area contributed by atoms with Crippen LogP contribution in [-0.2, 0) is 9.53 Å². The Morgan fingerprint density at radius 1 is 1.42 bits per heavy atom. The molecule has 4 heteroatoms. The second kappa shape index (κ2) is 7.91. The van der Waals surface area contributed by atoms with Crippen LogP contribution in [0.4, 0.5) is 0 Å². The predicted molar refractivity (Wildman–Crippen MR) is 49.3 cm³/mol. The fraction of sp³-hybridized carbons (Fsp3) is 0.625. The van der Waals surface area contributed by atoms with Crippen LogP contribution in [0.3, 0.4) is 0 Å². The lowest BCUT2D eigenvalue weighted by Crippen LogP contribution is -2.16. The molecule has 72 valence electrons. The Kier molecular flexibility index (Phi) is 8.84. The van der Waals surface area contributed by atoms with Crippen LogP contribution in [0, 0.1) is 0 Å². The third-order valence-corrected chi connectivity index (χ3v) is 0.818. The Balaban J connectivity index is 0. The summed E-state index contributed by atoms with van der Waals surface area (Å²) in [5.41, 5.74) is 5.38. The summed E-state index contributed by atoms with van der Waals surface area (Å²) in [7, 11) is 4.84. The van der Waals surface area contributed by atoms with Crippen LogP contribution in [0.5, 0.6) is 0 Å². The maximum absolute atomic E-state index is 10.6. The highest BCUT2D eigenvalue weighted by Gasteiger charge is 2.02. The maximum Gasteiger partial charge on any atom is 0.355 e. The first-order chi connectivity index (χ1) is 5.57. The van der Waals surface area contributed by atoms with E-state index in [0.29, 0.717) is 0 Å². The van der Waals surface area contributed by atoms with Crippen molar-refractivity contribution in [2.24, 2.45) is 5.73 Å². The number of methoxy groups -OCH3 is 1. The molecule has 0 unspecified atom stereocenters. The Bertz CT molecular complexity index is 153. The Morgan fingerprint density at radius 2 is 1.83 bits per heavy atom. The van der Waals surface area contributed by atoms with Gasteiger partial charge in [0.05, 0.1) is 7.11 Å². The zero-order valence-corrected chi connectivity index (χ0v) is 8.42. The van der Waals surface area contributed by atoms with Gasteiger partial charge in [0.15, 0.2) is 0 Å². The Morgan fingerprint density at radius 3 is 2.08 bits per heavy atom. The number of hydrogen-bond acceptors (Lipinski definition) is 4. The summed E-state index contributed by atoms with van der Waals surface area (Å²) in [4.78, 5) is 12.3. The summed E-state index contributed by atoms with van der Waals surface area (Å²) in [5, 5.41) is 0. The third kappa shape index (κ3) is 6.92. The van der Waals surface area contributed by atoms with E-state index in [2.05, 4.69) is 4.74 Å². The molecule has 4 nitrogen and oxygen atoms in total. The lowest BCUT2D eigenvalue weighted by atomic mass is 10.5. The van der Waals surface area contributed by atoms with Crippen LogP contribution >= 0.6 is 0 Å². The first-order valence-electron chi connectivity index (χ1n) is 3.80. The largest absolute Gasteiger partial charge is 0.464 e. The molecule has 0 amide bonds. The summed E-state index contributed by atoms with van der Waals surface area (Å²) in [5.74, 6) is -0.506. The van der Waals surface area contributed by atoms with Gasteiger partial charge in [-0.15, -0.1) is 0 Å². The fourth-order valence-electron chi connectivity index (χ4n) is 0.449. The number of nitrogens with two attached hydrogens (primary N) is 1. The molecule has 0 saturated heterocycles. The zero-order valence-electron chi connectivity index (χ0n) is 8.42. The minimum atomic E-state index is -0.506. The van der Waals surface area contributed by atoms with Crippen LogP contribution in [-0.4, -0.2) is 32.1 Å². The molecule has 0 aliphatic heterocycles. The maximum atomic E-state index is 10.6. The van der Waals surface area contributed by atoms with E-state index in [4.69, 9.17) is 5.73 Å². The molecule has 0 heterocycles. The van der Waals surface area contributed by atoms with Gasteiger partial charge in [-0.1, -0.05) is 13.8 Å². The molecule has 0 atom stereocenters. The van der Waals surface area contributed by atoms with Gasteiger partial charge in [-0.05, 0) is 0 Å². The summed E-state index contributed by atoms with van der Waals surface area (Å²) in [6, 6.07) is 0. The second-order valence-corrected chi connectivity index (χ2v) is 2.04. The van der Waals surface area contributed by atoms with Crippen LogP contribution < -0.4 is 5.73 Å². The van der Waals surface area contributed by atoms with Gasteiger partial charge in [-0.2, -0.15) is 0 Å². The molecule has 0 rings (SSSR count). The summed E-state index contributed by atoms with van der Waals surface area (Å²) < 4.78 is 4.35. The molecule has 0 saturated carbocycles. The van der Waals surface area contributed by atoms with E-state index in [-0.39, 0.29) is 5.70 Å². The zero-order chi connectivity index (χ0) is 10.1. The van der Waals surface area contributed by atoms with Crippen molar-refractivity contribution in [1.29, 1.82) is 0 Å². The monoisotopic (exact) mass is 174 g/mol. The summed E-state index contributed by atoms with van der Waals surface area (Å²) >= 11 is 0. The smallest absolute Gasteiger partial charge is 0.355 e. The highest BCUT2D eigenvalue weighted by Crippen LogP contribution is 1.88. The molecular formula is C8H18N2O2. The molecule has 0 aliphatic carbocycles. The molecule has 0 spiro atoms. The van der Waals surface area contributed by atoms with Crippen LogP contribution in [0.15, 0.2) is 11.9 Å². The SMILES string of the molecule is CC.COC(=O)/C(N)=C\N(C)C. The van der Waals surface area contributed by atoms with E-state index in [1.165, 1.54) is 13.3 Å². The number of carbonyl (C=O) groups excluding carboxylic acids is 1. The van der Waals surface area contributed by atoms with E-state index < -0.39 is 5.97 Å². The van der Waals surface area contributed by atoms with Crippen LogP contribution in [0.1, 0.15) is 13.8 Å². The minimum Gasteiger partial charge on any atom is -0.464 e. The summed E-state index contributed by atoms with van der Waals surface area (Å²) in [6.07, 6.45) is 1.49. The average Bonchev–Trinajstić information content (AvgIpc) is 2.05. The van der Waals surface area contributed by atoms with Crippen molar-refractivity contribution >= 4 is 5.97 Å². The van der Waals surface area contributed by atoms with E-state index in [0.717, 1.165) is 0 Å². The fourth-order valence-corrected chi connectivity index (χ4v) is 0.449. The molecule has 0 fully saturated rings. The normalized spacial score (nSPS) is 9.58. The van der Waals surface area contributed by atoms with Crippen molar-refractivity contribution in [2.75, 3.05) is 21.2 Å². The highest BCUT2D eigenvalue weighted by molar-refractivity contribution is 5.86. The molecule has 12 heavy (non-hydrogen) atoms. The van der Waals surface area contributed by atoms with Crippen LogP contribution in [0.2, 0.25) is 0 Å². The van der Waals surface area contributed by atoms with Crippen molar-refractivity contribution in [3.8, 4) is 0 Å². The van der Waals surface area contributed by atoms with Gasteiger partial charge in [-0.3, -0.25) is 0 Å². The molecular weight excluding hydrogens is 156 g/mol. The molecule has 0 aromatic heterocycles. The number of rotatable bonds is 2. The van der Waals surface area contributed by atoms with Gasteiger partial charge >= 0.3 is 5.97 Å². The first kappa shape index (κ1) is 13.4. The van der Waals surface area contributed by atoms with Crippen molar-refractivity contribution in [3.63, 3.8) is 0 Å². The number of carbonyl (C=O) groups is 1. The number of esters is 1. The molecule has 0 aromatic carbocycles. The van der Waals surface area contributed by atoms with Gasteiger partial charge in [0.1, 0.15) is 5.70 Å². The topological polar surface area (TPSA) is 55.6 Å². The van der Waals surface area contributed by atoms with Gasteiger partial charge in [-0.25, -0.2) is 4.79 Å². The Labute approximate surface area is 74.0 Å². The number of hydrogen-bond donors (Lipinski definition) is 1. The first-order valence-corrected chi connectivity index (χ1v) is 3.80. The van der Waals surface area contributed by atoms with Crippen molar-refractivity contribution < 1.29 is 9.53 Å². The van der Waals surface area contributed by atoms with Crippen molar-refractivity contribution in [3.05, 3.63) is 11.9 Å². The van der Waals surface area contributed by atoms with E-state index in [1.54, 1.807) is 19.0 Å². The van der Waals surface area contributed by atoms with Crippen molar-refractivity contribution in [2.45, 2.75) is 13.8 Å². The van der Waals surface area contributed by atoms with Gasteiger partial charge in [0.2, 0.25) is 0 Å². The molecule has 0 bridgehead atoms. The molecule has 0 aliphatic rings. The van der Waals surface area contributed by atoms with Crippen LogP contribution in [0.25, 0.3) is 0 Å². The molecule has 2 N–H and O–H groups in total. The standard InChI is InChI=1S/C6H12N2O2.C2H6/c1-8(2)4-5(7)6(9)10-3;1-2/h4H,7H2,1-3H3;1-2H3/b5-4+;. The number of ether oxygens (including phenoxy) is 1. The quantitative estimate of drug-likeness (QED) is 0.490. The van der Waals surface area contributed by atoms with E-state index in [1.807, 2.05) is 13.8 Å². The third-order valence-electron chi connectivity index (χ3n) is 0.818. The average molecular weight is 174 g/mol. The Hall–Kier alpha value is -1.19. The lowest BCUT2D eigenvalue weighted by molar-refractivity contribution is -0.136. The van der Waals surface area contributed by atoms with E-state index >= 15 is 0 Å². The highest BCUT2D eigenvalue weighted by atomic mass is 16.5. The molecule has 0 radical (unpaired) electrons. The number of nitrogens with zero attached hydrogens (tertiary/aromatic N) is 1. The molecule has 0 aromatic rings. The second-order valence-electron chi connectivity index (χ2n) is 2.04. The van der Waals surface area contributed by atoms with Crippen molar-refractivity contribution in [1.82, 2.24) is 4.90 Å². The minimum absolute atomic E-state index is 0.104. The van der Waals surface area contributed by atoms with Gasteiger partial charge < -0.3 is 15.4 Å². The van der Waals surface area contributed by atoms with Gasteiger partial charge in [0, 0.05) is 20.3 Å². The predicted octanol–water partition coefficient (Wildman–Crippen LogP) is 0.547. The lowest BCUT2D eigenvalue weighted by Gasteiger charge is -2.05.